The van der Waals surface area contributed by atoms with E-state index in [2.05, 4.69) is 49.2 Å². The van der Waals surface area contributed by atoms with Crippen LogP contribution in [0.4, 0.5) is 5.69 Å². The summed E-state index contributed by atoms with van der Waals surface area (Å²) in [6, 6.07) is 16.6. The number of nitrogens with two attached hydrogens (primary N) is 1. The molecule has 0 amide bonds. The van der Waals surface area contributed by atoms with Crippen molar-refractivity contribution >= 4 is 22.9 Å². The van der Waals surface area contributed by atoms with E-state index in [1.54, 1.807) is 0 Å². The van der Waals surface area contributed by atoms with Crippen molar-refractivity contribution in [3.8, 4) is 0 Å². The summed E-state index contributed by atoms with van der Waals surface area (Å²) in [5.74, 6) is 0. The van der Waals surface area contributed by atoms with Crippen molar-refractivity contribution in [3.05, 3.63) is 65.2 Å². The van der Waals surface area contributed by atoms with Gasteiger partial charge in [-0.3, -0.25) is 0 Å². The molecule has 0 aliphatic carbocycles. The van der Waals surface area contributed by atoms with E-state index >= 15 is 0 Å². The summed E-state index contributed by atoms with van der Waals surface area (Å²) < 4.78 is 0. The summed E-state index contributed by atoms with van der Waals surface area (Å²) in [5.41, 5.74) is 10.3. The van der Waals surface area contributed by atoms with Crippen LogP contribution in [0.3, 0.4) is 0 Å². The van der Waals surface area contributed by atoms with Crippen molar-refractivity contribution in [1.29, 1.82) is 0 Å². The third kappa shape index (κ3) is 3.55. The summed E-state index contributed by atoms with van der Waals surface area (Å²) in [6.07, 6.45) is 0. The van der Waals surface area contributed by atoms with Crippen LogP contribution in [0.25, 0.3) is 0 Å². The zero-order chi connectivity index (χ0) is 13.8. The topological polar surface area (TPSA) is 29.3 Å². The number of hydrogen-bond acceptors (Lipinski definition) is 2. The van der Waals surface area contributed by atoms with Gasteiger partial charge in [-0.1, -0.05) is 54.2 Å². The molecule has 0 unspecified atom stereocenters. The number of hydrogen-bond donors (Lipinski definition) is 1. The van der Waals surface area contributed by atoms with Gasteiger partial charge in [-0.25, -0.2) is 0 Å². The Labute approximate surface area is 119 Å². The quantitative estimate of drug-likeness (QED) is 0.865. The average molecular weight is 270 g/mol. The highest BCUT2D eigenvalue weighted by atomic mass is 32.1. The number of rotatable bonds is 4. The third-order valence-electron chi connectivity index (χ3n) is 3.11. The molecular formula is C16H18N2S. The molecule has 0 radical (unpaired) electrons. The third-order valence-corrected chi connectivity index (χ3v) is 3.35. The molecule has 0 saturated heterocycles. The van der Waals surface area contributed by atoms with Crippen LogP contribution >= 0.6 is 12.2 Å². The monoisotopic (exact) mass is 270 g/mol. The van der Waals surface area contributed by atoms with Crippen molar-refractivity contribution in [3.63, 3.8) is 0 Å². The van der Waals surface area contributed by atoms with Crippen molar-refractivity contribution in [2.24, 2.45) is 5.73 Å². The lowest BCUT2D eigenvalue weighted by atomic mass is 10.1. The van der Waals surface area contributed by atoms with Crippen LogP contribution in [0.5, 0.6) is 0 Å². The highest BCUT2D eigenvalue weighted by Gasteiger charge is 2.04. The number of benzene rings is 2. The minimum atomic E-state index is 0.436. The van der Waals surface area contributed by atoms with Crippen LogP contribution in [-0.4, -0.2) is 12.0 Å². The maximum absolute atomic E-state index is 5.66. The molecule has 2 rings (SSSR count). The Morgan fingerprint density at radius 3 is 2.47 bits per heavy atom. The second-order valence-electron chi connectivity index (χ2n) is 4.76. The minimum absolute atomic E-state index is 0.436. The molecule has 2 nitrogen and oxygen atoms in total. The lowest BCUT2D eigenvalue weighted by molar-refractivity contribution is 0.922. The van der Waals surface area contributed by atoms with Crippen LogP contribution in [0, 0.1) is 6.92 Å². The van der Waals surface area contributed by atoms with E-state index in [1.165, 1.54) is 11.1 Å². The van der Waals surface area contributed by atoms with Gasteiger partial charge in [0.05, 0.1) is 0 Å². The summed E-state index contributed by atoms with van der Waals surface area (Å²) in [7, 11) is 2.07. The van der Waals surface area contributed by atoms with E-state index in [9.17, 15) is 0 Å². The fraction of sp³-hybridized carbons (Fsp3) is 0.188. The van der Waals surface area contributed by atoms with Gasteiger partial charge in [0.1, 0.15) is 4.99 Å². The average Bonchev–Trinajstić information content (AvgIpc) is 2.41. The maximum Gasteiger partial charge on any atom is 0.104 e. The molecule has 0 heterocycles. The van der Waals surface area contributed by atoms with Gasteiger partial charge in [0.15, 0.2) is 0 Å². The van der Waals surface area contributed by atoms with Crippen molar-refractivity contribution in [2.75, 3.05) is 11.9 Å². The predicted octanol–water partition coefficient (Wildman–Crippen LogP) is 3.27. The SMILES string of the molecule is Cc1ccc(CN(C)c2cccc(C(N)=S)c2)cc1. The fourth-order valence-corrected chi connectivity index (χ4v) is 2.08. The minimum Gasteiger partial charge on any atom is -0.389 e. The standard InChI is InChI=1S/C16H18N2S/c1-12-6-8-13(9-7-12)11-18(2)15-5-3-4-14(10-15)16(17)19/h3-10H,11H2,1-2H3,(H2,17,19). The Morgan fingerprint density at radius 2 is 1.84 bits per heavy atom. The molecule has 2 aromatic carbocycles. The highest BCUT2D eigenvalue weighted by molar-refractivity contribution is 7.80. The summed E-state index contributed by atoms with van der Waals surface area (Å²) >= 11 is 5.01. The second kappa shape index (κ2) is 5.85. The molecule has 0 spiro atoms. The van der Waals surface area contributed by atoms with Crippen molar-refractivity contribution in [2.45, 2.75) is 13.5 Å². The summed E-state index contributed by atoms with van der Waals surface area (Å²) in [6.45, 7) is 2.96. The molecule has 19 heavy (non-hydrogen) atoms. The van der Waals surface area contributed by atoms with Gasteiger partial charge in [0, 0.05) is 24.8 Å². The van der Waals surface area contributed by atoms with Gasteiger partial charge in [-0.15, -0.1) is 0 Å². The first-order chi connectivity index (χ1) is 9.06. The molecular weight excluding hydrogens is 252 g/mol. The van der Waals surface area contributed by atoms with E-state index in [-0.39, 0.29) is 0 Å². The smallest absolute Gasteiger partial charge is 0.104 e. The van der Waals surface area contributed by atoms with Crippen LogP contribution in [0.1, 0.15) is 16.7 Å². The van der Waals surface area contributed by atoms with Gasteiger partial charge < -0.3 is 10.6 Å². The number of aryl methyl sites for hydroxylation is 1. The van der Waals surface area contributed by atoms with Crippen molar-refractivity contribution in [1.82, 2.24) is 0 Å². The Bertz CT molecular complexity index is 576. The first-order valence-corrected chi connectivity index (χ1v) is 6.63. The molecule has 2 N–H and O–H groups in total. The lowest BCUT2D eigenvalue weighted by Gasteiger charge is -2.20. The largest absolute Gasteiger partial charge is 0.389 e. The Kier molecular flexibility index (Phi) is 4.17. The van der Waals surface area contributed by atoms with E-state index in [4.69, 9.17) is 18.0 Å². The number of thiocarbonyl (C=S) groups is 1. The first kappa shape index (κ1) is 13.6. The summed E-state index contributed by atoms with van der Waals surface area (Å²) in [5, 5.41) is 0. The number of nitrogens with zero attached hydrogens (tertiary/aromatic N) is 1. The second-order valence-corrected chi connectivity index (χ2v) is 5.20. The van der Waals surface area contributed by atoms with E-state index in [1.807, 2.05) is 18.2 Å². The Hall–Kier alpha value is -1.87. The zero-order valence-electron chi connectivity index (χ0n) is 11.3. The molecule has 3 heteroatoms. The molecule has 98 valence electrons. The normalized spacial score (nSPS) is 10.2. The Morgan fingerprint density at radius 1 is 1.16 bits per heavy atom. The van der Waals surface area contributed by atoms with Gasteiger partial charge in [-0.05, 0) is 24.6 Å². The van der Waals surface area contributed by atoms with Crippen LogP contribution in [0.2, 0.25) is 0 Å². The van der Waals surface area contributed by atoms with Crippen molar-refractivity contribution < 1.29 is 0 Å². The van der Waals surface area contributed by atoms with Crippen LogP contribution in [-0.2, 0) is 6.54 Å². The molecule has 0 saturated carbocycles. The van der Waals surface area contributed by atoms with E-state index in [0.717, 1.165) is 17.8 Å². The van der Waals surface area contributed by atoms with Crippen LogP contribution in [0.15, 0.2) is 48.5 Å². The lowest BCUT2D eigenvalue weighted by Crippen LogP contribution is -2.17. The zero-order valence-corrected chi connectivity index (χ0v) is 12.1. The Balaban J connectivity index is 2.15. The molecule has 0 fully saturated rings. The predicted molar refractivity (Wildman–Crippen MR) is 85.6 cm³/mol. The van der Waals surface area contributed by atoms with E-state index < -0.39 is 0 Å². The van der Waals surface area contributed by atoms with Gasteiger partial charge in [-0.2, -0.15) is 0 Å². The molecule has 0 atom stereocenters. The highest BCUT2D eigenvalue weighted by Crippen LogP contribution is 2.17. The van der Waals surface area contributed by atoms with Gasteiger partial charge in [0.25, 0.3) is 0 Å². The molecule has 2 aromatic rings. The molecule has 0 bridgehead atoms. The molecule has 0 aromatic heterocycles. The summed E-state index contributed by atoms with van der Waals surface area (Å²) in [4.78, 5) is 2.62. The first-order valence-electron chi connectivity index (χ1n) is 6.23. The fourth-order valence-electron chi connectivity index (χ4n) is 1.96. The molecule has 0 aliphatic rings. The van der Waals surface area contributed by atoms with E-state index in [0.29, 0.717) is 4.99 Å². The maximum atomic E-state index is 5.66. The van der Waals surface area contributed by atoms with Crippen LogP contribution < -0.4 is 10.6 Å². The number of anilines is 1. The molecule has 0 aliphatic heterocycles. The van der Waals surface area contributed by atoms with Gasteiger partial charge >= 0.3 is 0 Å². The van der Waals surface area contributed by atoms with Gasteiger partial charge in [0.2, 0.25) is 0 Å².